The Kier molecular flexibility index (Phi) is 6.67. The molecule has 0 radical (unpaired) electrons. The highest BCUT2D eigenvalue weighted by Gasteiger charge is 2.14. The molecule has 1 aromatic carbocycles. The van der Waals surface area contributed by atoms with Gasteiger partial charge in [0.25, 0.3) is 5.91 Å². The maximum atomic E-state index is 13.5. The van der Waals surface area contributed by atoms with Gasteiger partial charge in [-0.05, 0) is 59.7 Å². The number of benzene rings is 1. The molecular weight excluding hydrogens is 514 g/mol. The molecule has 0 fully saturated rings. The number of pyridine rings is 3. The Morgan fingerprint density at radius 1 is 0.875 bits per heavy atom. The zero-order chi connectivity index (χ0) is 27.5. The van der Waals surface area contributed by atoms with Gasteiger partial charge in [0.15, 0.2) is 11.6 Å². The summed E-state index contributed by atoms with van der Waals surface area (Å²) in [5, 5.41) is 13.8. The fraction of sp³-hybridized carbons (Fsp3) is 0.0690. The summed E-state index contributed by atoms with van der Waals surface area (Å²) in [6.45, 7) is 0.351. The molecule has 198 valence electrons. The molecule has 0 atom stereocenters. The molecule has 5 heterocycles. The van der Waals surface area contributed by atoms with Gasteiger partial charge in [-0.25, -0.2) is 18.7 Å². The summed E-state index contributed by atoms with van der Waals surface area (Å²) in [6, 6.07) is 14.6. The smallest absolute Gasteiger partial charge is 0.255 e. The second-order valence-corrected chi connectivity index (χ2v) is 9.01. The number of carbonyl (C=O) groups excluding carboxylic acids is 1. The minimum atomic E-state index is -0.965. The molecule has 40 heavy (non-hydrogen) atoms. The Balaban J connectivity index is 1.18. The highest BCUT2D eigenvalue weighted by molar-refractivity contribution is 5.98. The minimum Gasteiger partial charge on any atom is -0.364 e. The third kappa shape index (κ3) is 5.12. The van der Waals surface area contributed by atoms with Crippen LogP contribution in [0.3, 0.4) is 0 Å². The van der Waals surface area contributed by atoms with Gasteiger partial charge < -0.3 is 15.6 Å². The van der Waals surface area contributed by atoms with Crippen LogP contribution >= 0.6 is 0 Å². The Labute approximate surface area is 226 Å². The summed E-state index contributed by atoms with van der Waals surface area (Å²) in [6.07, 6.45) is 8.70. The molecule has 0 aliphatic heterocycles. The van der Waals surface area contributed by atoms with E-state index in [1.807, 2.05) is 24.4 Å². The van der Waals surface area contributed by atoms with E-state index in [9.17, 15) is 13.6 Å². The SMILES string of the molecule is O=C(NCc1ccc(F)c(F)c1)c1cccnc1NCc1cc(-c2c[nH]c3ncc(-c4ccn[nH]4)cc23)ccn1. The van der Waals surface area contributed by atoms with Gasteiger partial charge in [-0.15, -0.1) is 0 Å². The van der Waals surface area contributed by atoms with Crippen molar-refractivity contribution >= 4 is 22.8 Å². The molecule has 11 heteroatoms. The highest BCUT2D eigenvalue weighted by atomic mass is 19.2. The van der Waals surface area contributed by atoms with Crippen LogP contribution in [0.25, 0.3) is 33.4 Å². The Hall–Kier alpha value is -5.45. The lowest BCUT2D eigenvalue weighted by Crippen LogP contribution is -2.24. The van der Waals surface area contributed by atoms with Crippen molar-refractivity contribution in [2.75, 3.05) is 5.32 Å². The first-order chi connectivity index (χ1) is 19.5. The number of hydrogen-bond donors (Lipinski definition) is 4. The first-order valence-electron chi connectivity index (χ1n) is 12.4. The molecule has 6 aromatic rings. The van der Waals surface area contributed by atoms with Crippen LogP contribution in [0, 0.1) is 11.6 Å². The van der Waals surface area contributed by atoms with Crippen molar-refractivity contribution in [3.05, 3.63) is 114 Å². The van der Waals surface area contributed by atoms with E-state index in [1.165, 1.54) is 6.07 Å². The number of rotatable bonds is 8. The molecular formula is C29H22F2N8O. The summed E-state index contributed by atoms with van der Waals surface area (Å²) in [4.78, 5) is 29.4. The van der Waals surface area contributed by atoms with E-state index in [0.717, 1.165) is 51.2 Å². The average Bonchev–Trinajstić information content (AvgIpc) is 3.67. The van der Waals surface area contributed by atoms with E-state index in [1.54, 1.807) is 36.9 Å². The van der Waals surface area contributed by atoms with E-state index in [2.05, 4.69) is 46.8 Å². The van der Waals surface area contributed by atoms with Crippen LogP contribution in [-0.4, -0.2) is 36.0 Å². The molecule has 0 saturated carbocycles. The second kappa shape index (κ2) is 10.7. The van der Waals surface area contributed by atoms with Gasteiger partial charge in [0.1, 0.15) is 11.5 Å². The number of H-pyrrole nitrogens is 2. The average molecular weight is 537 g/mol. The summed E-state index contributed by atoms with van der Waals surface area (Å²) in [7, 11) is 0. The number of halogens is 2. The normalized spacial score (nSPS) is 11.1. The fourth-order valence-electron chi connectivity index (χ4n) is 4.38. The van der Waals surface area contributed by atoms with Gasteiger partial charge in [-0.1, -0.05) is 6.07 Å². The highest BCUT2D eigenvalue weighted by Crippen LogP contribution is 2.30. The summed E-state index contributed by atoms with van der Waals surface area (Å²) >= 11 is 0. The fourth-order valence-corrected chi connectivity index (χ4v) is 4.38. The van der Waals surface area contributed by atoms with Crippen LogP contribution in [0.2, 0.25) is 0 Å². The van der Waals surface area contributed by atoms with E-state index < -0.39 is 17.5 Å². The molecule has 5 aromatic heterocycles. The molecule has 0 spiro atoms. The summed E-state index contributed by atoms with van der Waals surface area (Å²) in [5.41, 5.74) is 5.99. The lowest BCUT2D eigenvalue weighted by molar-refractivity contribution is 0.0951. The van der Waals surface area contributed by atoms with Crippen LogP contribution in [0.15, 0.2) is 85.6 Å². The largest absolute Gasteiger partial charge is 0.364 e. The molecule has 0 unspecified atom stereocenters. The molecule has 1 amide bonds. The van der Waals surface area contributed by atoms with E-state index >= 15 is 0 Å². The first kappa shape index (κ1) is 24.9. The minimum absolute atomic E-state index is 0.0372. The molecule has 6 rings (SSSR count). The van der Waals surface area contributed by atoms with Crippen LogP contribution in [0.1, 0.15) is 21.6 Å². The van der Waals surface area contributed by atoms with Crippen molar-refractivity contribution < 1.29 is 13.6 Å². The topological polar surface area (TPSA) is 124 Å². The number of nitrogens with zero attached hydrogens (tertiary/aromatic N) is 4. The van der Waals surface area contributed by atoms with E-state index in [4.69, 9.17) is 0 Å². The van der Waals surface area contributed by atoms with Gasteiger partial charge >= 0.3 is 0 Å². The summed E-state index contributed by atoms with van der Waals surface area (Å²) < 4.78 is 26.7. The quantitative estimate of drug-likeness (QED) is 0.211. The van der Waals surface area contributed by atoms with Crippen LogP contribution in [0.4, 0.5) is 14.6 Å². The standard InChI is InChI=1S/C29H22F2N8O/c30-24-4-3-17(10-25(24)31)13-37-29(40)21-2-1-7-33-27(21)35-15-20-11-18(5-8-32-20)23-16-36-28-22(23)12-19(14-34-28)26-6-9-38-39-26/h1-12,14,16H,13,15H2,(H,33,35)(H,34,36)(H,37,40)(H,38,39). The van der Waals surface area contributed by atoms with E-state index in [0.29, 0.717) is 23.5 Å². The van der Waals surface area contributed by atoms with Crippen molar-refractivity contribution in [1.82, 2.24) is 35.5 Å². The van der Waals surface area contributed by atoms with Gasteiger partial charge in [0.05, 0.1) is 23.5 Å². The number of carbonyl (C=O) groups is 1. The molecule has 0 saturated heterocycles. The third-order valence-corrected chi connectivity index (χ3v) is 6.40. The van der Waals surface area contributed by atoms with Gasteiger partial charge in [-0.2, -0.15) is 5.10 Å². The second-order valence-electron chi connectivity index (χ2n) is 9.01. The molecule has 0 bridgehead atoms. The predicted octanol–water partition coefficient (Wildman–Crippen LogP) is 5.23. The zero-order valence-corrected chi connectivity index (χ0v) is 21.0. The van der Waals surface area contributed by atoms with Crippen molar-refractivity contribution in [1.29, 1.82) is 0 Å². The number of hydrogen-bond acceptors (Lipinski definition) is 6. The van der Waals surface area contributed by atoms with E-state index in [-0.39, 0.29) is 6.54 Å². The number of anilines is 1. The van der Waals surface area contributed by atoms with Gasteiger partial charge in [0.2, 0.25) is 0 Å². The van der Waals surface area contributed by atoms with Gasteiger partial charge in [-0.3, -0.25) is 14.9 Å². The van der Waals surface area contributed by atoms with Crippen molar-refractivity contribution in [2.45, 2.75) is 13.1 Å². The number of aromatic nitrogens is 6. The van der Waals surface area contributed by atoms with Gasteiger partial charge in [0, 0.05) is 54.0 Å². The maximum absolute atomic E-state index is 13.5. The third-order valence-electron chi connectivity index (χ3n) is 6.40. The van der Waals surface area contributed by atoms with Crippen molar-refractivity contribution in [3.8, 4) is 22.4 Å². The number of aromatic amines is 2. The van der Waals surface area contributed by atoms with Crippen LogP contribution < -0.4 is 10.6 Å². The lowest BCUT2D eigenvalue weighted by atomic mass is 10.0. The lowest BCUT2D eigenvalue weighted by Gasteiger charge is -2.12. The molecule has 0 aliphatic rings. The van der Waals surface area contributed by atoms with Crippen LogP contribution in [-0.2, 0) is 13.1 Å². The van der Waals surface area contributed by atoms with Crippen LogP contribution in [0.5, 0.6) is 0 Å². The zero-order valence-electron chi connectivity index (χ0n) is 21.0. The molecule has 0 aliphatic carbocycles. The number of nitrogens with one attached hydrogen (secondary N) is 4. The Morgan fingerprint density at radius 2 is 1.80 bits per heavy atom. The van der Waals surface area contributed by atoms with Crippen molar-refractivity contribution in [2.24, 2.45) is 0 Å². The maximum Gasteiger partial charge on any atom is 0.255 e. The number of fused-ring (bicyclic) bond motifs is 1. The Bertz CT molecular complexity index is 1820. The monoisotopic (exact) mass is 536 g/mol. The molecule has 9 nitrogen and oxygen atoms in total. The summed E-state index contributed by atoms with van der Waals surface area (Å²) in [5.74, 6) is -1.93. The molecule has 4 N–H and O–H groups in total. The number of amides is 1. The van der Waals surface area contributed by atoms with Crippen molar-refractivity contribution in [3.63, 3.8) is 0 Å². The predicted molar refractivity (Wildman–Crippen MR) is 146 cm³/mol. The first-order valence-corrected chi connectivity index (χ1v) is 12.4. The Morgan fingerprint density at radius 3 is 2.65 bits per heavy atom.